The highest BCUT2D eigenvalue weighted by atomic mass is 16.7. The molecular formula is C45H76N2O15. The molecule has 0 aliphatic carbocycles. The second-order valence-corrected chi connectivity index (χ2v) is 18.4. The smallest absolute Gasteiger partial charge is 0.308 e. The molecule has 4 heterocycles. The number of nitrogens with zero attached hydrogens (tertiary/aromatic N) is 2. The lowest BCUT2D eigenvalue weighted by atomic mass is 9.82. The zero-order chi connectivity index (χ0) is 46.1. The number of hydrogen-bond donors (Lipinski definition) is 3. The van der Waals surface area contributed by atoms with Gasteiger partial charge in [-0.25, -0.2) is 0 Å². The Balaban J connectivity index is 1.65. The Bertz CT molecular complexity index is 1480. The number of cyclic esters (lactones) is 1. The van der Waals surface area contributed by atoms with Crippen LogP contribution in [-0.2, 0) is 57.0 Å². The summed E-state index contributed by atoms with van der Waals surface area (Å²) in [7, 11) is 9.01. The Hall–Kier alpha value is -2.39. The molecule has 62 heavy (non-hydrogen) atoms. The standard InChI is InChI=1S/C45H76N2O15/c1-25-22-31(20-21-48)41(62-44-39(52)38(47(10)11)40(28(4)58-44)61-37-24-45(7,53)43(29(5)57-37)59-30(6)49)42(54-12)33(50)23-35(51)55-26(2)16-14-13-15-17-34(25)60-36-19-18-32(46(8)9)27(3)56-36/h13-15,17,21,25-29,31-34,36-44,50,52-53H,16,18-20,22-24H2,1-12H3/b14-13+,17-15-. The highest BCUT2D eigenvalue weighted by Gasteiger charge is 2.52. The molecule has 0 aromatic carbocycles. The summed E-state index contributed by atoms with van der Waals surface area (Å²) in [6.07, 6.45) is -1.69. The molecule has 4 aliphatic heterocycles. The van der Waals surface area contributed by atoms with Gasteiger partial charge in [0.2, 0.25) is 0 Å². The highest BCUT2D eigenvalue weighted by molar-refractivity contribution is 5.70. The van der Waals surface area contributed by atoms with Crippen molar-refractivity contribution in [1.82, 2.24) is 9.80 Å². The normalized spacial score (nSPS) is 44.0. The maximum Gasteiger partial charge on any atom is 0.308 e. The fraction of sp³-hybridized carbons (Fsp3) is 0.844. The molecule has 0 radical (unpaired) electrons. The lowest BCUT2D eigenvalue weighted by Crippen LogP contribution is -2.66. The SMILES string of the molecule is COC1C(O)CC(=O)OC(C)C/C=C/C=C\C(OC2CCC(N(C)C)C(C)O2)C(C)CC(CC=O)C1OC1OC(C)C(OC2CC(C)(O)C(OC(C)=O)C(C)O2)C(N(C)C)C1O. The van der Waals surface area contributed by atoms with E-state index in [0.29, 0.717) is 19.3 Å². The molecule has 19 atom stereocenters. The Morgan fingerprint density at radius 2 is 1.60 bits per heavy atom. The van der Waals surface area contributed by atoms with Crippen molar-refractivity contribution in [3.63, 3.8) is 0 Å². The van der Waals surface area contributed by atoms with Gasteiger partial charge in [0.25, 0.3) is 0 Å². The van der Waals surface area contributed by atoms with Gasteiger partial charge >= 0.3 is 11.9 Å². The molecule has 0 aromatic rings. The summed E-state index contributed by atoms with van der Waals surface area (Å²) in [5.74, 6) is -2.05. The molecule has 3 N–H and O–H groups in total. The van der Waals surface area contributed by atoms with Crippen molar-refractivity contribution in [1.29, 1.82) is 0 Å². The van der Waals surface area contributed by atoms with Crippen molar-refractivity contribution in [3.05, 3.63) is 24.3 Å². The van der Waals surface area contributed by atoms with E-state index in [9.17, 15) is 29.7 Å². The number of aldehydes is 1. The average molecular weight is 885 g/mol. The molecule has 356 valence electrons. The van der Waals surface area contributed by atoms with Crippen LogP contribution in [0.5, 0.6) is 0 Å². The number of methoxy groups -OCH3 is 1. The Kier molecular flexibility index (Phi) is 20.0. The van der Waals surface area contributed by atoms with E-state index >= 15 is 0 Å². The molecule has 0 bridgehead atoms. The van der Waals surface area contributed by atoms with Crippen LogP contribution in [0.2, 0.25) is 0 Å². The first-order valence-corrected chi connectivity index (χ1v) is 22.2. The Labute approximate surface area is 368 Å². The van der Waals surface area contributed by atoms with E-state index in [-0.39, 0.29) is 30.9 Å². The second kappa shape index (κ2) is 23.7. The maximum absolute atomic E-state index is 13.1. The van der Waals surface area contributed by atoms with E-state index in [2.05, 4.69) is 4.90 Å². The molecule has 3 saturated heterocycles. The van der Waals surface area contributed by atoms with E-state index in [4.69, 9.17) is 42.6 Å². The van der Waals surface area contributed by atoms with Crippen LogP contribution in [0.25, 0.3) is 0 Å². The monoisotopic (exact) mass is 885 g/mol. The molecule has 0 amide bonds. The second-order valence-electron chi connectivity index (χ2n) is 18.4. The summed E-state index contributed by atoms with van der Waals surface area (Å²) in [5, 5.41) is 35.1. The first kappa shape index (κ1) is 52.2. The molecule has 0 aromatic heterocycles. The van der Waals surface area contributed by atoms with E-state index in [0.717, 1.165) is 12.7 Å². The minimum atomic E-state index is -1.48. The molecule has 3 fully saturated rings. The number of aliphatic hydroxyl groups excluding tert-OH is 2. The highest BCUT2D eigenvalue weighted by Crippen LogP contribution is 2.38. The van der Waals surface area contributed by atoms with Crippen LogP contribution in [0.15, 0.2) is 24.3 Å². The number of esters is 2. The van der Waals surface area contributed by atoms with Gasteiger partial charge in [0.15, 0.2) is 25.0 Å². The van der Waals surface area contributed by atoms with Crippen LogP contribution in [0, 0.1) is 11.8 Å². The van der Waals surface area contributed by atoms with Crippen molar-refractivity contribution >= 4 is 18.2 Å². The predicted octanol–water partition coefficient (Wildman–Crippen LogP) is 2.90. The molecule has 19 unspecified atom stereocenters. The predicted molar refractivity (Wildman–Crippen MR) is 226 cm³/mol. The van der Waals surface area contributed by atoms with Gasteiger partial charge < -0.3 is 72.5 Å². The summed E-state index contributed by atoms with van der Waals surface area (Å²) in [5.41, 5.74) is -1.48. The van der Waals surface area contributed by atoms with Crippen LogP contribution in [0.1, 0.15) is 93.4 Å². The Morgan fingerprint density at radius 1 is 0.903 bits per heavy atom. The fourth-order valence-corrected chi connectivity index (χ4v) is 9.49. The lowest BCUT2D eigenvalue weighted by Gasteiger charge is -2.50. The number of aliphatic hydroxyl groups is 3. The van der Waals surface area contributed by atoms with Crippen LogP contribution >= 0.6 is 0 Å². The van der Waals surface area contributed by atoms with Crippen molar-refractivity contribution in [2.45, 2.75) is 197 Å². The van der Waals surface area contributed by atoms with Crippen LogP contribution in [0.3, 0.4) is 0 Å². The molecule has 4 rings (SSSR count). The van der Waals surface area contributed by atoms with Crippen molar-refractivity contribution < 1.29 is 72.3 Å². The minimum absolute atomic E-state index is 0.0203. The van der Waals surface area contributed by atoms with Crippen LogP contribution in [0.4, 0.5) is 0 Å². The number of hydrogen-bond acceptors (Lipinski definition) is 17. The molecule has 0 spiro atoms. The third kappa shape index (κ3) is 14.1. The van der Waals surface area contributed by atoms with Gasteiger partial charge in [0, 0.05) is 39.3 Å². The summed E-state index contributed by atoms with van der Waals surface area (Å²) in [4.78, 5) is 41.4. The Morgan fingerprint density at radius 3 is 2.19 bits per heavy atom. The number of carbonyl (C=O) groups excluding carboxylic acids is 3. The van der Waals surface area contributed by atoms with Gasteiger partial charge in [0.1, 0.15) is 36.3 Å². The largest absolute Gasteiger partial charge is 0.462 e. The van der Waals surface area contributed by atoms with Crippen molar-refractivity contribution in [2.75, 3.05) is 35.3 Å². The van der Waals surface area contributed by atoms with Crippen LogP contribution < -0.4 is 0 Å². The zero-order valence-electron chi connectivity index (χ0n) is 38.9. The third-order valence-electron chi connectivity index (χ3n) is 12.6. The number of allylic oxidation sites excluding steroid dienone is 2. The van der Waals surface area contributed by atoms with E-state index in [1.54, 1.807) is 46.7 Å². The summed E-state index contributed by atoms with van der Waals surface area (Å²) >= 11 is 0. The first-order valence-electron chi connectivity index (χ1n) is 22.2. The molecule has 17 heteroatoms. The molecule has 4 aliphatic rings. The fourth-order valence-electron chi connectivity index (χ4n) is 9.49. The minimum Gasteiger partial charge on any atom is -0.462 e. The van der Waals surface area contributed by atoms with Gasteiger partial charge in [-0.3, -0.25) is 9.59 Å². The zero-order valence-corrected chi connectivity index (χ0v) is 38.9. The van der Waals surface area contributed by atoms with Crippen molar-refractivity contribution in [2.24, 2.45) is 11.8 Å². The number of rotatable bonds is 12. The average Bonchev–Trinajstić information content (AvgIpc) is 3.16. The molecule has 0 saturated carbocycles. The summed E-state index contributed by atoms with van der Waals surface area (Å²) in [6.45, 7) is 12.1. The van der Waals surface area contributed by atoms with Crippen LogP contribution in [-0.4, -0.2) is 182 Å². The molecular weight excluding hydrogens is 808 g/mol. The van der Waals surface area contributed by atoms with E-state index in [1.165, 1.54) is 14.0 Å². The van der Waals surface area contributed by atoms with E-state index < -0.39 is 116 Å². The first-order chi connectivity index (χ1) is 29.2. The summed E-state index contributed by atoms with van der Waals surface area (Å²) < 4.78 is 55.7. The number of ether oxygens (including phenoxy) is 9. The van der Waals surface area contributed by atoms with Gasteiger partial charge in [-0.15, -0.1) is 0 Å². The quantitative estimate of drug-likeness (QED) is 0.191. The summed E-state index contributed by atoms with van der Waals surface area (Å²) in [6, 6.07) is -0.501. The van der Waals surface area contributed by atoms with Crippen molar-refractivity contribution in [3.8, 4) is 0 Å². The number of carbonyl (C=O) groups is 3. The lowest BCUT2D eigenvalue weighted by molar-refractivity contribution is -0.344. The van der Waals surface area contributed by atoms with Gasteiger partial charge in [-0.1, -0.05) is 31.2 Å². The van der Waals surface area contributed by atoms with Gasteiger partial charge in [-0.05, 0) is 93.9 Å². The van der Waals surface area contributed by atoms with Gasteiger partial charge in [0.05, 0.1) is 49.1 Å². The number of likely N-dealkylation sites (N-methyl/N-ethyl adjacent to an activating group) is 2. The van der Waals surface area contributed by atoms with E-state index in [1.807, 2.05) is 52.2 Å². The maximum atomic E-state index is 13.1. The van der Waals surface area contributed by atoms with Gasteiger partial charge in [-0.2, -0.15) is 0 Å². The third-order valence-corrected chi connectivity index (χ3v) is 12.6. The topological polar surface area (TPSA) is 201 Å². The molecule has 17 nitrogen and oxygen atoms in total.